The number of benzene rings is 3. The fourth-order valence-corrected chi connectivity index (χ4v) is 3.96. The summed E-state index contributed by atoms with van der Waals surface area (Å²) in [6, 6.07) is 18.9. The summed E-state index contributed by atoms with van der Waals surface area (Å²) in [6.07, 6.45) is 1.82. The van der Waals surface area contributed by atoms with Gasteiger partial charge in [0, 0.05) is 30.8 Å². The lowest BCUT2D eigenvalue weighted by Crippen LogP contribution is -2.32. The highest BCUT2D eigenvalue weighted by Gasteiger charge is 2.26. The fourth-order valence-electron chi connectivity index (χ4n) is 3.96. The van der Waals surface area contributed by atoms with Crippen molar-refractivity contribution in [3.05, 3.63) is 83.2 Å². The van der Waals surface area contributed by atoms with Crippen LogP contribution in [0.4, 0.5) is 4.39 Å². The van der Waals surface area contributed by atoms with Gasteiger partial charge in [-0.3, -0.25) is 4.90 Å². The molecule has 28 heavy (non-hydrogen) atoms. The van der Waals surface area contributed by atoms with Crippen molar-refractivity contribution in [3.8, 4) is 22.6 Å². The third-order valence-electron chi connectivity index (χ3n) is 5.47. The van der Waals surface area contributed by atoms with Crippen LogP contribution >= 0.6 is 0 Å². The number of hydrogen-bond donors (Lipinski definition) is 1. The quantitative estimate of drug-likeness (QED) is 0.693. The second-order valence-corrected chi connectivity index (χ2v) is 7.18. The molecule has 144 valence electrons. The van der Waals surface area contributed by atoms with Crippen LogP contribution in [0.5, 0.6) is 11.5 Å². The van der Waals surface area contributed by atoms with Crippen LogP contribution in [0, 0.1) is 5.82 Å². The van der Waals surface area contributed by atoms with Gasteiger partial charge in [0.05, 0.1) is 7.11 Å². The van der Waals surface area contributed by atoms with E-state index < -0.39 is 0 Å². The minimum Gasteiger partial charge on any atom is -0.504 e. The molecule has 0 aromatic heterocycles. The zero-order valence-corrected chi connectivity index (χ0v) is 16.0. The highest BCUT2D eigenvalue weighted by Crippen LogP contribution is 2.44. The van der Waals surface area contributed by atoms with E-state index in [1.165, 1.54) is 18.7 Å². The molecule has 1 aliphatic heterocycles. The summed E-state index contributed by atoms with van der Waals surface area (Å²) in [5.41, 5.74) is 4.38. The Morgan fingerprint density at radius 3 is 2.57 bits per heavy atom. The number of fused-ring (bicyclic) bond motifs is 1. The summed E-state index contributed by atoms with van der Waals surface area (Å²) < 4.78 is 19.9. The first kappa shape index (κ1) is 18.5. The van der Waals surface area contributed by atoms with Crippen LogP contribution in [0.15, 0.2) is 60.7 Å². The summed E-state index contributed by atoms with van der Waals surface area (Å²) in [7, 11) is 1.53. The van der Waals surface area contributed by atoms with Gasteiger partial charge in [0.15, 0.2) is 11.5 Å². The van der Waals surface area contributed by atoms with Crippen LogP contribution in [-0.4, -0.2) is 30.2 Å². The molecule has 4 heteroatoms. The van der Waals surface area contributed by atoms with Gasteiger partial charge in [0.2, 0.25) is 0 Å². The first-order chi connectivity index (χ1) is 13.7. The van der Waals surface area contributed by atoms with Gasteiger partial charge in [-0.05, 0) is 41.7 Å². The smallest absolute Gasteiger partial charge is 0.166 e. The maximum absolute atomic E-state index is 14.6. The summed E-state index contributed by atoms with van der Waals surface area (Å²) in [6.45, 7) is 2.54. The summed E-state index contributed by atoms with van der Waals surface area (Å²) in [5.74, 6) is 0.0701. The van der Waals surface area contributed by atoms with Crippen LogP contribution < -0.4 is 4.74 Å². The minimum atomic E-state index is -0.338. The van der Waals surface area contributed by atoms with Crippen molar-refractivity contribution in [2.45, 2.75) is 19.4 Å². The van der Waals surface area contributed by atoms with E-state index in [1.807, 2.05) is 12.1 Å². The first-order valence-electron chi connectivity index (χ1n) is 9.60. The molecule has 1 N–H and O–H groups in total. The van der Waals surface area contributed by atoms with Crippen molar-refractivity contribution in [2.24, 2.45) is 0 Å². The Hall–Kier alpha value is -2.85. The molecular weight excluding hydrogens is 353 g/mol. The van der Waals surface area contributed by atoms with Crippen molar-refractivity contribution in [3.63, 3.8) is 0 Å². The highest BCUT2D eigenvalue weighted by atomic mass is 19.1. The number of phenolic OH excluding ortho intramolecular Hbond substituents is 1. The van der Waals surface area contributed by atoms with Crippen LogP contribution in [0.3, 0.4) is 0 Å². The molecule has 3 nitrogen and oxygen atoms in total. The molecule has 0 atom stereocenters. The van der Waals surface area contributed by atoms with Crippen molar-refractivity contribution < 1.29 is 14.2 Å². The second-order valence-electron chi connectivity index (χ2n) is 7.18. The van der Waals surface area contributed by atoms with Gasteiger partial charge in [-0.1, -0.05) is 48.5 Å². The molecule has 3 aromatic rings. The summed E-state index contributed by atoms with van der Waals surface area (Å²) in [4.78, 5) is 2.37. The molecule has 0 fully saturated rings. The predicted octanol–water partition coefficient (Wildman–Crippen LogP) is 4.81. The van der Waals surface area contributed by atoms with Gasteiger partial charge in [-0.25, -0.2) is 4.39 Å². The molecule has 0 radical (unpaired) electrons. The molecule has 3 aromatic carbocycles. The molecule has 0 unspecified atom stereocenters. The van der Waals surface area contributed by atoms with Gasteiger partial charge in [0.1, 0.15) is 5.82 Å². The van der Waals surface area contributed by atoms with Gasteiger partial charge >= 0.3 is 0 Å². The zero-order chi connectivity index (χ0) is 19.5. The average molecular weight is 377 g/mol. The lowest BCUT2D eigenvalue weighted by molar-refractivity contribution is 0.256. The van der Waals surface area contributed by atoms with E-state index in [9.17, 15) is 9.50 Å². The van der Waals surface area contributed by atoms with Crippen LogP contribution in [0.1, 0.15) is 16.7 Å². The van der Waals surface area contributed by atoms with E-state index in [-0.39, 0.29) is 11.6 Å². The van der Waals surface area contributed by atoms with Gasteiger partial charge < -0.3 is 9.84 Å². The molecular formula is C24H24FNO2. The van der Waals surface area contributed by atoms with E-state index in [0.717, 1.165) is 37.1 Å². The molecule has 4 rings (SSSR count). The topological polar surface area (TPSA) is 32.7 Å². The number of halogens is 1. The van der Waals surface area contributed by atoms with E-state index >= 15 is 0 Å². The number of hydrogen-bond acceptors (Lipinski definition) is 3. The van der Waals surface area contributed by atoms with Crippen molar-refractivity contribution in [2.75, 3.05) is 20.2 Å². The van der Waals surface area contributed by atoms with E-state index in [4.69, 9.17) is 4.74 Å². The lowest BCUT2D eigenvalue weighted by Gasteiger charge is -2.31. The number of nitrogens with zero attached hydrogens (tertiary/aromatic N) is 1. The van der Waals surface area contributed by atoms with Crippen molar-refractivity contribution in [1.29, 1.82) is 0 Å². The average Bonchev–Trinajstić information content (AvgIpc) is 2.73. The number of methoxy groups -OCH3 is 1. The highest BCUT2D eigenvalue weighted by molar-refractivity contribution is 5.79. The first-order valence-corrected chi connectivity index (χ1v) is 9.60. The Morgan fingerprint density at radius 1 is 1.07 bits per heavy atom. The van der Waals surface area contributed by atoms with E-state index in [1.54, 1.807) is 18.2 Å². The minimum absolute atomic E-state index is 0.0104. The van der Waals surface area contributed by atoms with Crippen molar-refractivity contribution in [1.82, 2.24) is 4.90 Å². The number of phenols is 1. The van der Waals surface area contributed by atoms with Gasteiger partial charge in [-0.2, -0.15) is 0 Å². The molecule has 0 amide bonds. The monoisotopic (exact) mass is 377 g/mol. The Balaban J connectivity index is 1.68. The number of rotatable bonds is 5. The zero-order valence-electron chi connectivity index (χ0n) is 16.0. The number of ether oxygens (including phenoxy) is 1. The number of aromatic hydroxyl groups is 1. The normalized spacial score (nSPS) is 13.9. The molecule has 1 heterocycles. The maximum Gasteiger partial charge on any atom is 0.166 e. The lowest BCUT2D eigenvalue weighted by atomic mass is 9.89. The van der Waals surface area contributed by atoms with E-state index in [0.29, 0.717) is 23.4 Å². The summed E-state index contributed by atoms with van der Waals surface area (Å²) in [5, 5.41) is 10.8. The second kappa shape index (κ2) is 8.03. The van der Waals surface area contributed by atoms with Crippen molar-refractivity contribution >= 4 is 0 Å². The summed E-state index contributed by atoms with van der Waals surface area (Å²) >= 11 is 0. The SMILES string of the molecule is COc1cc2c(c(-c3ccccc3F)c1O)CN(CCc1ccccc1)CC2. The van der Waals surface area contributed by atoms with E-state index in [2.05, 4.69) is 29.2 Å². The molecule has 0 saturated heterocycles. The molecule has 0 spiro atoms. The molecule has 1 aliphatic rings. The predicted molar refractivity (Wildman–Crippen MR) is 109 cm³/mol. The van der Waals surface area contributed by atoms with Crippen LogP contribution in [0.25, 0.3) is 11.1 Å². The maximum atomic E-state index is 14.6. The molecule has 0 saturated carbocycles. The third kappa shape index (κ3) is 3.60. The Kier molecular flexibility index (Phi) is 5.31. The molecule has 0 bridgehead atoms. The van der Waals surface area contributed by atoms with Gasteiger partial charge in [-0.15, -0.1) is 0 Å². The third-order valence-corrected chi connectivity index (χ3v) is 5.47. The Bertz CT molecular complexity index is 972. The fraction of sp³-hybridized carbons (Fsp3) is 0.250. The Labute approximate surface area is 165 Å². The standard InChI is InChI=1S/C24H24FNO2/c1-28-22-15-18-12-14-26(13-11-17-7-3-2-4-8-17)16-20(18)23(24(22)27)19-9-5-6-10-21(19)25/h2-10,15,27H,11-14,16H2,1H3. The van der Waals surface area contributed by atoms with Crippen LogP contribution in [-0.2, 0) is 19.4 Å². The molecule has 0 aliphatic carbocycles. The largest absolute Gasteiger partial charge is 0.504 e. The Morgan fingerprint density at radius 2 is 1.82 bits per heavy atom. The van der Waals surface area contributed by atoms with Gasteiger partial charge in [0.25, 0.3) is 0 Å². The van der Waals surface area contributed by atoms with Crippen LogP contribution in [0.2, 0.25) is 0 Å².